The minimum absolute atomic E-state index is 0.141. The first-order valence-corrected chi connectivity index (χ1v) is 12.1. The largest absolute Gasteiger partial charge is 0.507 e. The lowest BCUT2D eigenvalue weighted by atomic mass is 9.95. The van der Waals surface area contributed by atoms with Gasteiger partial charge in [-0.3, -0.25) is 14.4 Å². The molecule has 6 heteroatoms. The number of carbonyl (C=O) groups is 3. The van der Waals surface area contributed by atoms with Gasteiger partial charge in [0.25, 0.3) is 11.7 Å². The number of hydrogen-bond donors (Lipinski definition) is 2. The first-order valence-electron chi connectivity index (χ1n) is 12.1. The maximum absolute atomic E-state index is 13.0. The average molecular weight is 464 g/mol. The number of benzene rings is 2. The van der Waals surface area contributed by atoms with Gasteiger partial charge in [0.1, 0.15) is 5.76 Å². The standard InChI is InChI=1S/C28H33NO5/c30-23(31)19-13-5-3-1-2-4-6-14-20-29-25(21-15-9-7-10-16-21)24(27(33)28(29)34)26(32)22-17-11-8-12-18-22/h7-12,15-18,25,32H,1-6,13-14,19-20H2,(H,30,31)/t25-/m1/s1. The van der Waals surface area contributed by atoms with Crippen molar-refractivity contribution < 1.29 is 24.6 Å². The van der Waals surface area contributed by atoms with Gasteiger partial charge in [0.05, 0.1) is 11.6 Å². The van der Waals surface area contributed by atoms with Crippen LogP contribution in [0.2, 0.25) is 0 Å². The fourth-order valence-electron chi connectivity index (χ4n) is 4.46. The number of nitrogens with zero attached hydrogens (tertiary/aromatic N) is 1. The van der Waals surface area contributed by atoms with Gasteiger partial charge in [-0.25, -0.2) is 0 Å². The number of carboxylic acids is 1. The van der Waals surface area contributed by atoms with Crippen molar-refractivity contribution in [3.63, 3.8) is 0 Å². The number of carboxylic acid groups (broad SMARTS) is 1. The number of hydrogen-bond acceptors (Lipinski definition) is 4. The number of Topliss-reactive ketones (excluding diaryl/α,β-unsaturated/α-hetero) is 1. The summed E-state index contributed by atoms with van der Waals surface area (Å²) in [4.78, 5) is 38.0. The molecule has 1 aliphatic heterocycles. The highest BCUT2D eigenvalue weighted by atomic mass is 16.4. The van der Waals surface area contributed by atoms with Crippen LogP contribution in [0.25, 0.3) is 5.76 Å². The molecule has 6 nitrogen and oxygen atoms in total. The molecule has 1 atom stereocenters. The van der Waals surface area contributed by atoms with Crippen molar-refractivity contribution in [3.05, 3.63) is 77.4 Å². The predicted molar refractivity (Wildman–Crippen MR) is 131 cm³/mol. The van der Waals surface area contributed by atoms with Crippen molar-refractivity contribution in [1.29, 1.82) is 0 Å². The smallest absolute Gasteiger partial charge is 0.303 e. The molecule has 0 unspecified atom stereocenters. The first kappa shape index (κ1) is 25.2. The van der Waals surface area contributed by atoms with E-state index in [1.54, 1.807) is 29.2 Å². The van der Waals surface area contributed by atoms with Crippen molar-refractivity contribution in [2.75, 3.05) is 6.54 Å². The minimum atomic E-state index is -0.737. The van der Waals surface area contributed by atoms with Gasteiger partial charge in [-0.2, -0.15) is 0 Å². The monoisotopic (exact) mass is 463 g/mol. The molecule has 0 bridgehead atoms. The molecule has 1 amide bonds. The van der Waals surface area contributed by atoms with E-state index in [1.807, 2.05) is 36.4 Å². The van der Waals surface area contributed by atoms with Gasteiger partial charge >= 0.3 is 5.97 Å². The molecule has 2 N–H and O–H groups in total. The van der Waals surface area contributed by atoms with E-state index < -0.39 is 23.7 Å². The van der Waals surface area contributed by atoms with Gasteiger partial charge in [0.2, 0.25) is 0 Å². The molecule has 0 radical (unpaired) electrons. The molecule has 34 heavy (non-hydrogen) atoms. The number of aliphatic hydroxyl groups is 1. The van der Waals surface area contributed by atoms with E-state index in [1.165, 1.54) is 0 Å². The molecule has 2 aromatic carbocycles. The Kier molecular flexibility index (Phi) is 9.44. The Hall–Kier alpha value is -3.41. The van der Waals surface area contributed by atoms with Gasteiger partial charge in [-0.15, -0.1) is 0 Å². The maximum atomic E-state index is 13.0. The van der Waals surface area contributed by atoms with Gasteiger partial charge in [-0.05, 0) is 18.4 Å². The van der Waals surface area contributed by atoms with E-state index in [2.05, 4.69) is 0 Å². The summed E-state index contributed by atoms with van der Waals surface area (Å²) in [5.41, 5.74) is 1.47. The lowest BCUT2D eigenvalue weighted by molar-refractivity contribution is -0.140. The highest BCUT2D eigenvalue weighted by molar-refractivity contribution is 6.46. The SMILES string of the molecule is O=C(O)CCCCCCCCCCN1C(=O)C(=O)C(=C(O)c2ccccc2)[C@H]1c1ccccc1. The van der Waals surface area contributed by atoms with E-state index in [0.717, 1.165) is 56.9 Å². The number of unbranched alkanes of at least 4 members (excludes halogenated alkanes) is 7. The zero-order valence-electron chi connectivity index (χ0n) is 19.5. The quantitative estimate of drug-likeness (QED) is 0.172. The Morgan fingerprint density at radius 3 is 1.85 bits per heavy atom. The number of amides is 1. The Bertz CT molecular complexity index is 1000. The second kappa shape index (κ2) is 12.7. The molecule has 3 rings (SSSR count). The van der Waals surface area contributed by atoms with E-state index in [4.69, 9.17) is 5.11 Å². The molecule has 1 saturated heterocycles. The van der Waals surface area contributed by atoms with Crippen LogP contribution in [0, 0.1) is 0 Å². The summed E-state index contributed by atoms with van der Waals surface area (Å²) in [6.45, 7) is 0.453. The van der Waals surface area contributed by atoms with E-state index >= 15 is 0 Å². The van der Waals surface area contributed by atoms with Gasteiger partial charge in [-0.1, -0.05) is 99.2 Å². The third kappa shape index (κ3) is 6.56. The topological polar surface area (TPSA) is 94.9 Å². The lowest BCUT2D eigenvalue weighted by Crippen LogP contribution is -2.30. The first-order chi connectivity index (χ1) is 16.5. The van der Waals surface area contributed by atoms with Gasteiger partial charge < -0.3 is 15.1 Å². The Morgan fingerprint density at radius 2 is 1.26 bits per heavy atom. The van der Waals surface area contributed by atoms with Crippen molar-refractivity contribution in [1.82, 2.24) is 4.90 Å². The molecule has 1 aliphatic rings. The van der Waals surface area contributed by atoms with Crippen LogP contribution in [0.1, 0.15) is 75.0 Å². The normalized spacial score (nSPS) is 17.3. The zero-order valence-corrected chi connectivity index (χ0v) is 19.5. The highest BCUT2D eigenvalue weighted by Crippen LogP contribution is 2.39. The van der Waals surface area contributed by atoms with Crippen molar-refractivity contribution in [2.45, 2.75) is 63.8 Å². The molecule has 1 heterocycles. The zero-order chi connectivity index (χ0) is 24.3. The molecule has 0 spiro atoms. The van der Waals surface area contributed by atoms with Crippen LogP contribution < -0.4 is 0 Å². The molecule has 1 fully saturated rings. The molecule has 180 valence electrons. The van der Waals surface area contributed by atoms with E-state index in [0.29, 0.717) is 12.1 Å². The number of rotatable bonds is 13. The number of aliphatic hydroxyl groups excluding tert-OH is 1. The predicted octanol–water partition coefficient (Wildman–Crippen LogP) is 5.70. The van der Waals surface area contributed by atoms with Crippen molar-refractivity contribution in [2.24, 2.45) is 0 Å². The van der Waals surface area contributed by atoms with Crippen LogP contribution in [-0.4, -0.2) is 39.3 Å². The summed E-state index contributed by atoms with van der Waals surface area (Å²) in [5, 5.41) is 19.6. The molecular weight excluding hydrogens is 430 g/mol. The Morgan fingerprint density at radius 1 is 0.735 bits per heavy atom. The molecule has 0 saturated carbocycles. The number of likely N-dealkylation sites (tertiary alicyclic amines) is 1. The summed E-state index contributed by atoms with van der Waals surface area (Å²) in [6, 6.07) is 17.6. The van der Waals surface area contributed by atoms with Gasteiger partial charge in [0, 0.05) is 18.5 Å². The Balaban J connectivity index is 1.62. The number of aliphatic carboxylic acids is 1. The summed E-state index contributed by atoms with van der Waals surface area (Å²) >= 11 is 0. The molecule has 0 aliphatic carbocycles. The number of ketones is 1. The molecular formula is C28H33NO5. The summed E-state index contributed by atoms with van der Waals surface area (Å²) in [7, 11) is 0. The van der Waals surface area contributed by atoms with Crippen molar-refractivity contribution in [3.8, 4) is 0 Å². The minimum Gasteiger partial charge on any atom is -0.507 e. The van der Waals surface area contributed by atoms with E-state index in [9.17, 15) is 19.5 Å². The van der Waals surface area contributed by atoms with Crippen LogP contribution in [-0.2, 0) is 14.4 Å². The summed E-state index contributed by atoms with van der Waals surface area (Å²) in [6.07, 6.45) is 7.84. The lowest BCUT2D eigenvalue weighted by Gasteiger charge is -2.25. The van der Waals surface area contributed by atoms with Crippen molar-refractivity contribution >= 4 is 23.4 Å². The number of carbonyl (C=O) groups excluding carboxylic acids is 2. The third-order valence-electron chi connectivity index (χ3n) is 6.24. The average Bonchev–Trinajstić information content (AvgIpc) is 3.10. The fraction of sp³-hybridized carbons (Fsp3) is 0.393. The van der Waals surface area contributed by atoms with Crippen LogP contribution in [0.3, 0.4) is 0 Å². The maximum Gasteiger partial charge on any atom is 0.303 e. The second-order valence-corrected chi connectivity index (χ2v) is 8.74. The van der Waals surface area contributed by atoms with Crippen LogP contribution in [0.5, 0.6) is 0 Å². The van der Waals surface area contributed by atoms with Gasteiger partial charge in [0.15, 0.2) is 0 Å². The van der Waals surface area contributed by atoms with Crippen LogP contribution in [0.4, 0.5) is 0 Å². The summed E-state index contributed by atoms with van der Waals surface area (Å²) in [5.74, 6) is -2.08. The highest BCUT2D eigenvalue weighted by Gasteiger charge is 2.45. The molecule has 2 aromatic rings. The van der Waals surface area contributed by atoms with Crippen LogP contribution >= 0.6 is 0 Å². The Labute approximate surface area is 200 Å². The van der Waals surface area contributed by atoms with E-state index in [-0.39, 0.29) is 17.8 Å². The molecule has 0 aromatic heterocycles. The fourth-order valence-corrected chi connectivity index (χ4v) is 4.46. The third-order valence-corrected chi connectivity index (χ3v) is 6.24. The summed E-state index contributed by atoms with van der Waals surface area (Å²) < 4.78 is 0. The second-order valence-electron chi connectivity index (χ2n) is 8.74. The van der Waals surface area contributed by atoms with Crippen LogP contribution in [0.15, 0.2) is 66.2 Å².